The van der Waals surface area contributed by atoms with Crippen molar-refractivity contribution in [2.45, 2.75) is 44.6 Å². The minimum atomic E-state index is -0.391. The molecule has 1 atom stereocenters. The lowest BCUT2D eigenvalue weighted by Gasteiger charge is -2.18. The number of nitrogens with zero attached hydrogens (tertiary/aromatic N) is 3. The highest BCUT2D eigenvalue weighted by Gasteiger charge is 2.14. The van der Waals surface area contributed by atoms with Crippen LogP contribution in [0.3, 0.4) is 0 Å². The van der Waals surface area contributed by atoms with Crippen molar-refractivity contribution in [3.05, 3.63) is 71.7 Å². The van der Waals surface area contributed by atoms with E-state index in [1.54, 1.807) is 24.4 Å². The number of allylic oxidation sites excluding steroid dienone is 2. The van der Waals surface area contributed by atoms with Gasteiger partial charge in [0.25, 0.3) is 0 Å². The van der Waals surface area contributed by atoms with Crippen molar-refractivity contribution < 1.29 is 9.53 Å². The molecule has 10 heteroatoms. The number of nitrogens with one attached hydrogen (secondary N) is 3. The van der Waals surface area contributed by atoms with Gasteiger partial charge in [-0.15, -0.1) is 0 Å². The molecule has 0 spiro atoms. The van der Waals surface area contributed by atoms with E-state index in [-0.39, 0.29) is 6.10 Å². The summed E-state index contributed by atoms with van der Waals surface area (Å²) >= 11 is 6.27. The van der Waals surface area contributed by atoms with Crippen LogP contribution in [0.4, 0.5) is 33.6 Å². The maximum atomic E-state index is 12.1. The van der Waals surface area contributed by atoms with Gasteiger partial charge >= 0.3 is 6.09 Å². The largest absolute Gasteiger partial charge is 0.446 e. The number of hydrogen-bond acceptors (Lipinski definition) is 8. The van der Waals surface area contributed by atoms with Crippen LogP contribution in [0, 0.1) is 11.8 Å². The molecule has 0 saturated carbocycles. The first kappa shape index (κ1) is 26.8. The van der Waals surface area contributed by atoms with Crippen LogP contribution in [0.1, 0.15) is 44.2 Å². The highest BCUT2D eigenvalue weighted by molar-refractivity contribution is 6.33. The van der Waals surface area contributed by atoms with Gasteiger partial charge in [-0.25, -0.2) is 14.8 Å². The normalized spacial score (nSPS) is 14.8. The molecule has 1 aromatic carbocycles. The molecule has 3 aromatic rings. The first-order chi connectivity index (χ1) is 18.6. The minimum absolute atomic E-state index is 0.0292. The topological polar surface area (TPSA) is 127 Å². The van der Waals surface area contributed by atoms with Gasteiger partial charge in [0, 0.05) is 24.8 Å². The number of nitrogens with two attached hydrogens (primary N) is 1. The maximum absolute atomic E-state index is 12.1. The lowest BCUT2D eigenvalue weighted by atomic mass is 10.0. The first-order valence-corrected chi connectivity index (χ1v) is 12.9. The van der Waals surface area contributed by atoms with Crippen molar-refractivity contribution in [3.63, 3.8) is 0 Å². The number of ether oxygens (including phenoxy) is 1. The van der Waals surface area contributed by atoms with Crippen molar-refractivity contribution in [1.29, 1.82) is 0 Å². The molecule has 4 rings (SSSR count). The number of anilines is 5. The zero-order valence-electron chi connectivity index (χ0n) is 20.9. The third-order valence-corrected chi connectivity index (χ3v) is 5.98. The number of carbonyl (C=O) groups is 1. The number of rotatable bonds is 7. The number of alkyl carbamates (subject to hydrolysis) is 1. The number of aromatic nitrogens is 3. The molecule has 5 N–H and O–H groups in total. The summed E-state index contributed by atoms with van der Waals surface area (Å²) in [4.78, 5) is 25.1. The Hall–Kier alpha value is -4.29. The van der Waals surface area contributed by atoms with Crippen LogP contribution in [0.15, 0.2) is 60.9 Å². The Bertz CT molecular complexity index is 1340. The Labute approximate surface area is 227 Å². The Morgan fingerprint density at radius 3 is 2.89 bits per heavy atom. The van der Waals surface area contributed by atoms with Gasteiger partial charge in [-0.3, -0.25) is 0 Å². The SMILES string of the molecule is Nc1ccccc1Nc1nc(Nc2ccnc(C#CCCNC(=O)OC3CCC=CCCC3)c2)ncc1Cl. The van der Waals surface area contributed by atoms with E-state index in [0.717, 1.165) is 32.1 Å². The van der Waals surface area contributed by atoms with Gasteiger partial charge in [0.15, 0.2) is 5.82 Å². The summed E-state index contributed by atoms with van der Waals surface area (Å²) in [6.07, 6.45) is 12.3. The number of amides is 1. The number of para-hydroxylation sites is 2. The molecule has 0 radical (unpaired) electrons. The summed E-state index contributed by atoms with van der Waals surface area (Å²) in [6.45, 7) is 0.400. The fraction of sp³-hybridized carbons (Fsp3) is 0.286. The molecule has 1 amide bonds. The maximum Gasteiger partial charge on any atom is 0.407 e. The molecule has 1 aliphatic rings. The molecule has 38 heavy (non-hydrogen) atoms. The van der Waals surface area contributed by atoms with E-state index in [0.29, 0.717) is 52.5 Å². The van der Waals surface area contributed by atoms with Gasteiger partial charge in [0.2, 0.25) is 5.95 Å². The third-order valence-electron chi connectivity index (χ3n) is 5.70. The molecule has 2 heterocycles. The van der Waals surface area contributed by atoms with Crippen LogP contribution in [0.25, 0.3) is 0 Å². The van der Waals surface area contributed by atoms with Crippen molar-refractivity contribution >= 4 is 46.5 Å². The van der Waals surface area contributed by atoms with E-state index in [2.05, 4.69) is 54.9 Å². The quantitative estimate of drug-likeness (QED) is 0.127. The number of halogens is 1. The van der Waals surface area contributed by atoms with Crippen LogP contribution in [-0.4, -0.2) is 33.7 Å². The van der Waals surface area contributed by atoms with Crippen molar-refractivity contribution in [2.75, 3.05) is 22.9 Å². The van der Waals surface area contributed by atoms with Crippen LogP contribution < -0.4 is 21.7 Å². The summed E-state index contributed by atoms with van der Waals surface area (Å²) in [5, 5.41) is 9.40. The Kier molecular flexibility index (Phi) is 9.76. The van der Waals surface area contributed by atoms with Crippen LogP contribution in [-0.2, 0) is 4.74 Å². The average molecular weight is 532 g/mol. The van der Waals surface area contributed by atoms with Crippen LogP contribution >= 0.6 is 11.6 Å². The van der Waals surface area contributed by atoms with Crippen LogP contribution in [0.5, 0.6) is 0 Å². The van der Waals surface area contributed by atoms with E-state index < -0.39 is 6.09 Å². The number of benzene rings is 1. The van der Waals surface area contributed by atoms with E-state index in [4.69, 9.17) is 22.1 Å². The Morgan fingerprint density at radius 2 is 2.00 bits per heavy atom. The van der Waals surface area contributed by atoms with Gasteiger partial charge in [-0.05, 0) is 62.3 Å². The summed E-state index contributed by atoms with van der Waals surface area (Å²) in [5.41, 5.74) is 8.57. The first-order valence-electron chi connectivity index (χ1n) is 12.5. The molecule has 1 aliphatic carbocycles. The molecule has 0 saturated heterocycles. The molecular formula is C28H30ClN7O2. The zero-order chi connectivity index (χ0) is 26.6. The predicted octanol–water partition coefficient (Wildman–Crippen LogP) is 5.95. The Morgan fingerprint density at radius 1 is 1.13 bits per heavy atom. The summed E-state index contributed by atoms with van der Waals surface area (Å²) in [7, 11) is 0. The number of carbonyl (C=O) groups excluding carboxylic acids is 1. The van der Waals surface area contributed by atoms with Gasteiger partial charge in [0.05, 0.1) is 17.6 Å². The molecule has 9 nitrogen and oxygen atoms in total. The van der Waals surface area contributed by atoms with Crippen molar-refractivity contribution in [3.8, 4) is 11.8 Å². The summed E-state index contributed by atoms with van der Waals surface area (Å²) in [6, 6.07) is 10.9. The highest BCUT2D eigenvalue weighted by atomic mass is 35.5. The van der Waals surface area contributed by atoms with E-state index >= 15 is 0 Å². The highest BCUT2D eigenvalue weighted by Crippen LogP contribution is 2.27. The second-order valence-corrected chi connectivity index (χ2v) is 9.05. The second-order valence-electron chi connectivity index (χ2n) is 8.64. The molecular weight excluding hydrogens is 502 g/mol. The fourth-order valence-electron chi connectivity index (χ4n) is 3.78. The van der Waals surface area contributed by atoms with Crippen LogP contribution in [0.2, 0.25) is 5.02 Å². The number of hydrogen-bond donors (Lipinski definition) is 4. The lowest BCUT2D eigenvalue weighted by molar-refractivity contribution is 0.0866. The molecule has 0 fully saturated rings. The minimum Gasteiger partial charge on any atom is -0.446 e. The van der Waals surface area contributed by atoms with Crippen molar-refractivity contribution in [2.24, 2.45) is 0 Å². The van der Waals surface area contributed by atoms with Crippen molar-refractivity contribution in [1.82, 2.24) is 20.3 Å². The molecule has 2 aromatic heterocycles. The van der Waals surface area contributed by atoms with Gasteiger partial charge < -0.3 is 26.4 Å². The summed E-state index contributed by atoms with van der Waals surface area (Å²) in [5.74, 6) is 6.81. The Balaban J connectivity index is 1.28. The predicted molar refractivity (Wildman–Crippen MR) is 151 cm³/mol. The second kappa shape index (κ2) is 13.9. The lowest BCUT2D eigenvalue weighted by Crippen LogP contribution is -2.29. The van der Waals surface area contributed by atoms with E-state index in [1.165, 1.54) is 6.20 Å². The van der Waals surface area contributed by atoms with E-state index in [9.17, 15) is 4.79 Å². The third kappa shape index (κ3) is 8.39. The number of nitrogen functional groups attached to an aromatic ring is 1. The van der Waals surface area contributed by atoms with Gasteiger partial charge in [-0.1, -0.05) is 41.8 Å². The molecule has 196 valence electrons. The average Bonchev–Trinajstić information content (AvgIpc) is 2.89. The smallest absolute Gasteiger partial charge is 0.407 e. The van der Waals surface area contributed by atoms with E-state index in [1.807, 2.05) is 18.2 Å². The standard InChI is InChI=1S/C28H30ClN7O2/c29-23-19-33-27(36-26(23)35-25-14-7-6-13-24(25)30)34-21-15-17-31-20(18-21)10-8-9-16-32-28(37)38-22-11-4-2-1-3-5-12-22/h1-2,6-7,13-15,17-19,22H,3-5,9,11-12,16,30H2,(H,32,37)(H2,31,33,34,35,36). The van der Waals surface area contributed by atoms with Gasteiger partial charge in [0.1, 0.15) is 16.8 Å². The summed E-state index contributed by atoms with van der Waals surface area (Å²) < 4.78 is 5.54. The fourth-order valence-corrected chi connectivity index (χ4v) is 3.91. The molecule has 1 unspecified atom stereocenters. The molecule has 0 aliphatic heterocycles. The van der Waals surface area contributed by atoms with Gasteiger partial charge in [-0.2, -0.15) is 4.98 Å². The number of pyridine rings is 1. The molecule has 0 bridgehead atoms. The zero-order valence-corrected chi connectivity index (χ0v) is 21.7. The monoisotopic (exact) mass is 531 g/mol.